The van der Waals surface area contributed by atoms with Crippen molar-refractivity contribution in [2.45, 2.75) is 64.3 Å². The second-order valence-corrected chi connectivity index (χ2v) is 5.88. The van der Waals surface area contributed by atoms with Gasteiger partial charge in [0.15, 0.2) is 5.78 Å². The molecule has 0 aromatic carbocycles. The Balaban J connectivity index is 4.65. The molecule has 0 rings (SSSR count). The van der Waals surface area contributed by atoms with Gasteiger partial charge in [0.25, 0.3) is 0 Å². The summed E-state index contributed by atoms with van der Waals surface area (Å²) in [7, 11) is 5.00. The zero-order valence-electron chi connectivity index (χ0n) is 15.1. The van der Waals surface area contributed by atoms with Crippen LogP contribution in [-0.4, -0.2) is 56.2 Å². The summed E-state index contributed by atoms with van der Waals surface area (Å²) in [4.78, 5) is 37.8. The summed E-state index contributed by atoms with van der Waals surface area (Å²) in [5.41, 5.74) is 0. The quantitative estimate of drug-likeness (QED) is 0.502. The SMILES string of the molecule is CCCCCCC(=O)N(C)[C@@H](CC(=O)NC)C(=O)CCCNC. The van der Waals surface area contributed by atoms with Gasteiger partial charge < -0.3 is 15.5 Å². The minimum Gasteiger partial charge on any atom is -0.359 e. The van der Waals surface area contributed by atoms with Crippen molar-refractivity contribution in [2.24, 2.45) is 0 Å². The lowest BCUT2D eigenvalue weighted by molar-refractivity contribution is -0.140. The maximum Gasteiger partial charge on any atom is 0.222 e. The van der Waals surface area contributed by atoms with E-state index in [1.54, 1.807) is 7.05 Å². The van der Waals surface area contributed by atoms with E-state index in [1.165, 1.54) is 11.9 Å². The second kappa shape index (κ2) is 13.0. The van der Waals surface area contributed by atoms with Gasteiger partial charge in [-0.15, -0.1) is 0 Å². The maximum absolute atomic E-state index is 12.4. The Kier molecular flexibility index (Phi) is 12.2. The molecule has 0 aliphatic carbocycles. The van der Waals surface area contributed by atoms with Gasteiger partial charge >= 0.3 is 0 Å². The van der Waals surface area contributed by atoms with Gasteiger partial charge in [-0.25, -0.2) is 0 Å². The molecule has 0 spiro atoms. The number of Topliss-reactive ketones (excluding diaryl/α,β-unsaturated/α-hetero) is 1. The van der Waals surface area contributed by atoms with Crippen LogP contribution < -0.4 is 10.6 Å². The van der Waals surface area contributed by atoms with Crippen LogP contribution in [0.2, 0.25) is 0 Å². The second-order valence-electron chi connectivity index (χ2n) is 5.88. The summed E-state index contributed by atoms with van der Waals surface area (Å²) in [5, 5.41) is 5.52. The lowest BCUT2D eigenvalue weighted by atomic mass is 10.0. The van der Waals surface area contributed by atoms with E-state index < -0.39 is 6.04 Å². The molecule has 2 N–H and O–H groups in total. The number of rotatable bonds is 13. The summed E-state index contributed by atoms with van der Waals surface area (Å²) in [6.07, 6.45) is 5.63. The van der Waals surface area contributed by atoms with Crippen molar-refractivity contribution < 1.29 is 14.4 Å². The highest BCUT2D eigenvalue weighted by Gasteiger charge is 2.28. The van der Waals surface area contributed by atoms with E-state index in [0.717, 1.165) is 32.2 Å². The Bertz CT molecular complexity index is 372. The molecule has 23 heavy (non-hydrogen) atoms. The number of nitrogens with one attached hydrogen (secondary N) is 2. The Labute approximate surface area is 140 Å². The average Bonchev–Trinajstić information content (AvgIpc) is 2.55. The third kappa shape index (κ3) is 9.33. The van der Waals surface area contributed by atoms with Crippen molar-refractivity contribution in [1.82, 2.24) is 15.5 Å². The van der Waals surface area contributed by atoms with Crippen LogP contribution >= 0.6 is 0 Å². The van der Waals surface area contributed by atoms with Gasteiger partial charge in [-0.1, -0.05) is 26.2 Å². The molecule has 0 heterocycles. The van der Waals surface area contributed by atoms with Crippen LogP contribution in [0.25, 0.3) is 0 Å². The first kappa shape index (κ1) is 21.6. The number of ketones is 1. The zero-order chi connectivity index (χ0) is 17.7. The van der Waals surface area contributed by atoms with E-state index in [2.05, 4.69) is 17.6 Å². The highest BCUT2D eigenvalue weighted by atomic mass is 16.2. The van der Waals surface area contributed by atoms with Crippen LogP contribution in [0.3, 0.4) is 0 Å². The fourth-order valence-corrected chi connectivity index (χ4v) is 2.40. The molecular formula is C17H33N3O3. The standard InChI is InChI=1S/C17H33N3O3/c1-5-6-7-8-11-17(23)20(4)14(13-16(22)19-3)15(21)10-9-12-18-2/h14,18H,5-13H2,1-4H3,(H,19,22)/t14-/m0/s1. The highest BCUT2D eigenvalue weighted by molar-refractivity contribution is 5.93. The van der Waals surface area contributed by atoms with Gasteiger partial charge in [0.1, 0.15) is 0 Å². The summed E-state index contributed by atoms with van der Waals surface area (Å²) < 4.78 is 0. The molecule has 6 heteroatoms. The number of nitrogens with zero attached hydrogens (tertiary/aromatic N) is 1. The summed E-state index contributed by atoms with van der Waals surface area (Å²) in [5.74, 6) is -0.326. The molecule has 1 atom stereocenters. The van der Waals surface area contributed by atoms with Crippen LogP contribution in [-0.2, 0) is 14.4 Å². The first-order valence-electron chi connectivity index (χ1n) is 8.61. The van der Waals surface area contributed by atoms with E-state index in [-0.39, 0.29) is 24.0 Å². The maximum atomic E-state index is 12.4. The van der Waals surface area contributed by atoms with Crippen LogP contribution in [0, 0.1) is 0 Å². The predicted octanol–water partition coefficient (Wildman–Crippen LogP) is 1.49. The molecule has 0 aromatic rings. The fraction of sp³-hybridized carbons (Fsp3) is 0.824. The van der Waals surface area contributed by atoms with Gasteiger partial charge in [0.2, 0.25) is 11.8 Å². The summed E-state index contributed by atoms with van der Waals surface area (Å²) in [6.45, 7) is 2.87. The van der Waals surface area contributed by atoms with Crippen LogP contribution in [0.15, 0.2) is 0 Å². The van der Waals surface area contributed by atoms with Crippen LogP contribution in [0.1, 0.15) is 58.3 Å². The number of unbranched alkanes of at least 4 members (excludes halogenated alkanes) is 3. The van der Waals surface area contributed by atoms with Gasteiger partial charge in [-0.05, 0) is 26.4 Å². The number of carbonyl (C=O) groups excluding carboxylic acids is 3. The van der Waals surface area contributed by atoms with Gasteiger partial charge in [0.05, 0.1) is 12.5 Å². The van der Waals surface area contributed by atoms with Gasteiger partial charge in [-0.2, -0.15) is 0 Å². The fourth-order valence-electron chi connectivity index (χ4n) is 2.40. The number of hydrogen-bond acceptors (Lipinski definition) is 4. The molecule has 0 aliphatic heterocycles. The molecule has 0 fully saturated rings. The Hall–Kier alpha value is -1.43. The van der Waals surface area contributed by atoms with Crippen molar-refractivity contribution in [3.63, 3.8) is 0 Å². The topological polar surface area (TPSA) is 78.5 Å². The number of carbonyl (C=O) groups is 3. The molecule has 0 saturated heterocycles. The third-order valence-corrected chi connectivity index (χ3v) is 3.98. The van der Waals surface area contributed by atoms with Crippen molar-refractivity contribution in [3.8, 4) is 0 Å². The molecule has 0 saturated carbocycles. The molecule has 0 bridgehead atoms. The summed E-state index contributed by atoms with van der Waals surface area (Å²) in [6, 6.07) is -0.662. The average molecular weight is 327 g/mol. The predicted molar refractivity (Wildman–Crippen MR) is 92.2 cm³/mol. The molecule has 0 radical (unpaired) electrons. The monoisotopic (exact) mass is 327 g/mol. The summed E-state index contributed by atoms with van der Waals surface area (Å²) >= 11 is 0. The molecule has 0 aliphatic rings. The van der Waals surface area contributed by atoms with Crippen LogP contribution in [0.4, 0.5) is 0 Å². The minimum absolute atomic E-state index is 0.0338. The van der Waals surface area contributed by atoms with E-state index >= 15 is 0 Å². The van der Waals surface area contributed by atoms with Crippen molar-refractivity contribution in [1.29, 1.82) is 0 Å². The van der Waals surface area contributed by atoms with E-state index in [4.69, 9.17) is 0 Å². The normalized spacial score (nSPS) is 11.8. The first-order valence-corrected chi connectivity index (χ1v) is 8.61. The Morgan fingerprint density at radius 1 is 1.00 bits per heavy atom. The molecule has 134 valence electrons. The van der Waals surface area contributed by atoms with Crippen molar-refractivity contribution in [3.05, 3.63) is 0 Å². The first-order chi connectivity index (χ1) is 11.0. The lowest BCUT2D eigenvalue weighted by Crippen LogP contribution is -2.45. The zero-order valence-corrected chi connectivity index (χ0v) is 15.1. The van der Waals surface area contributed by atoms with E-state index in [1.807, 2.05) is 7.05 Å². The number of hydrogen-bond donors (Lipinski definition) is 2. The largest absolute Gasteiger partial charge is 0.359 e. The Morgan fingerprint density at radius 3 is 2.26 bits per heavy atom. The van der Waals surface area contributed by atoms with Gasteiger partial charge in [-0.3, -0.25) is 14.4 Å². The Morgan fingerprint density at radius 2 is 1.70 bits per heavy atom. The lowest BCUT2D eigenvalue weighted by Gasteiger charge is -2.27. The minimum atomic E-state index is -0.662. The highest BCUT2D eigenvalue weighted by Crippen LogP contribution is 2.12. The van der Waals surface area contributed by atoms with Crippen molar-refractivity contribution in [2.75, 3.05) is 27.7 Å². The van der Waals surface area contributed by atoms with E-state index in [9.17, 15) is 14.4 Å². The molecule has 0 aromatic heterocycles. The van der Waals surface area contributed by atoms with Crippen LogP contribution in [0.5, 0.6) is 0 Å². The van der Waals surface area contributed by atoms with Gasteiger partial charge in [0, 0.05) is 26.9 Å². The van der Waals surface area contributed by atoms with E-state index in [0.29, 0.717) is 19.3 Å². The molecule has 0 unspecified atom stereocenters. The molecular weight excluding hydrogens is 294 g/mol. The number of amides is 2. The smallest absolute Gasteiger partial charge is 0.222 e. The third-order valence-electron chi connectivity index (χ3n) is 3.98. The number of likely N-dealkylation sites (N-methyl/N-ethyl adjacent to an activating group) is 1. The molecule has 2 amide bonds. The van der Waals surface area contributed by atoms with Crippen molar-refractivity contribution >= 4 is 17.6 Å². The molecule has 6 nitrogen and oxygen atoms in total.